The minimum Gasteiger partial charge on any atom is -0.335 e. The average Bonchev–Trinajstić information content (AvgIpc) is 2.64. The van der Waals surface area contributed by atoms with Gasteiger partial charge in [0.25, 0.3) is 0 Å². The number of nitrogens with zero attached hydrogens (tertiary/aromatic N) is 1. The van der Waals surface area contributed by atoms with Crippen LogP contribution in [0.1, 0.15) is 43.5 Å². The molecule has 28 heavy (non-hydrogen) atoms. The Labute approximate surface area is 176 Å². The molecule has 0 bridgehead atoms. The first-order chi connectivity index (χ1) is 13.1. The first-order valence-corrected chi connectivity index (χ1v) is 11.5. The van der Waals surface area contributed by atoms with Gasteiger partial charge in [-0.2, -0.15) is 0 Å². The van der Waals surface area contributed by atoms with Gasteiger partial charge in [0.15, 0.2) is 9.84 Å². The van der Waals surface area contributed by atoms with Gasteiger partial charge in [0.2, 0.25) is 5.91 Å². The fraction of sp³-hybridized carbons (Fsp3) is 0.381. The van der Waals surface area contributed by atoms with Crippen molar-refractivity contribution in [3.05, 3.63) is 63.1 Å². The van der Waals surface area contributed by atoms with Gasteiger partial charge < -0.3 is 4.90 Å². The number of hydrogen-bond acceptors (Lipinski definition) is 3. The fourth-order valence-electron chi connectivity index (χ4n) is 3.65. The van der Waals surface area contributed by atoms with Crippen LogP contribution >= 0.6 is 23.2 Å². The highest BCUT2D eigenvalue weighted by molar-refractivity contribution is 7.92. The van der Waals surface area contributed by atoms with E-state index in [1.807, 2.05) is 13.0 Å². The highest BCUT2D eigenvalue weighted by atomic mass is 35.5. The lowest BCUT2D eigenvalue weighted by Gasteiger charge is -2.36. The molecule has 0 aromatic heterocycles. The lowest BCUT2D eigenvalue weighted by molar-refractivity contribution is -0.133. The Morgan fingerprint density at radius 1 is 1.14 bits per heavy atom. The van der Waals surface area contributed by atoms with Crippen molar-refractivity contribution in [2.24, 2.45) is 0 Å². The zero-order valence-electron chi connectivity index (χ0n) is 16.1. The topological polar surface area (TPSA) is 54.5 Å². The molecule has 0 N–H and O–H groups in total. The molecule has 2 aromatic carbocycles. The maximum absolute atomic E-state index is 13.0. The van der Waals surface area contributed by atoms with E-state index in [1.165, 1.54) is 0 Å². The lowest BCUT2D eigenvalue weighted by Crippen LogP contribution is -2.40. The van der Waals surface area contributed by atoms with Crippen molar-refractivity contribution in [2.45, 2.75) is 49.8 Å². The molecule has 1 aliphatic heterocycles. The number of fused-ring (bicyclic) bond motifs is 1. The van der Waals surface area contributed by atoms with Crippen LogP contribution in [-0.4, -0.2) is 31.0 Å². The summed E-state index contributed by atoms with van der Waals surface area (Å²) in [6, 6.07) is 10.3. The van der Waals surface area contributed by atoms with Crippen molar-refractivity contribution in [3.8, 4) is 0 Å². The second kappa shape index (κ2) is 8.05. The zero-order chi connectivity index (χ0) is 20.6. The van der Waals surface area contributed by atoms with Crippen LogP contribution in [0.15, 0.2) is 41.3 Å². The third-order valence-corrected chi connectivity index (χ3v) is 8.27. The van der Waals surface area contributed by atoms with E-state index in [-0.39, 0.29) is 18.4 Å². The highest BCUT2D eigenvalue weighted by Crippen LogP contribution is 2.35. The molecule has 0 saturated heterocycles. The Morgan fingerprint density at radius 3 is 2.36 bits per heavy atom. The van der Waals surface area contributed by atoms with E-state index in [1.54, 1.807) is 49.1 Å². The van der Waals surface area contributed by atoms with E-state index in [9.17, 15) is 13.2 Å². The molecule has 4 nitrogen and oxygen atoms in total. The Balaban J connectivity index is 1.91. The van der Waals surface area contributed by atoms with E-state index in [0.717, 1.165) is 11.1 Å². The van der Waals surface area contributed by atoms with E-state index >= 15 is 0 Å². The number of rotatable bonds is 4. The third kappa shape index (κ3) is 3.80. The minimum atomic E-state index is -3.38. The standard InChI is InChI=1S/C21H23Cl2NO3S/c1-13(2)28(26,27)20-9-4-6-15-14(3)24(11-10-16(15)20)21(25)12-17-18(22)7-5-8-19(17)23/h4-9,13-14H,10-12H2,1-3H3/t14-/m0/s1. The van der Waals surface area contributed by atoms with Gasteiger partial charge in [0.05, 0.1) is 22.6 Å². The maximum atomic E-state index is 13.0. The van der Waals surface area contributed by atoms with Crippen LogP contribution in [0.2, 0.25) is 10.0 Å². The predicted molar refractivity (Wildman–Crippen MR) is 113 cm³/mol. The summed E-state index contributed by atoms with van der Waals surface area (Å²) in [5.41, 5.74) is 2.32. The number of amides is 1. The molecule has 0 radical (unpaired) electrons. The van der Waals surface area contributed by atoms with Crippen LogP contribution in [0.25, 0.3) is 0 Å². The number of carbonyl (C=O) groups excluding carboxylic acids is 1. The van der Waals surface area contributed by atoms with E-state index in [4.69, 9.17) is 23.2 Å². The molecule has 3 rings (SSSR count). The van der Waals surface area contributed by atoms with Crippen LogP contribution < -0.4 is 0 Å². The van der Waals surface area contributed by atoms with Crippen LogP contribution in [-0.2, 0) is 27.5 Å². The third-order valence-electron chi connectivity index (χ3n) is 5.33. The summed E-state index contributed by atoms with van der Waals surface area (Å²) in [5.74, 6) is -0.0785. The molecule has 0 spiro atoms. The largest absolute Gasteiger partial charge is 0.335 e. The van der Waals surface area contributed by atoms with Gasteiger partial charge in [-0.05, 0) is 62.1 Å². The summed E-state index contributed by atoms with van der Waals surface area (Å²) in [5, 5.41) is 0.448. The lowest BCUT2D eigenvalue weighted by atomic mass is 9.93. The SMILES string of the molecule is CC(C)S(=O)(=O)c1cccc2c1CCN(C(=O)Cc1c(Cl)cccc1Cl)[C@H]2C. The molecule has 1 aliphatic rings. The Bertz CT molecular complexity index is 998. The first kappa shape index (κ1) is 21.2. The van der Waals surface area contributed by atoms with Crippen molar-refractivity contribution in [1.82, 2.24) is 4.90 Å². The van der Waals surface area contributed by atoms with Gasteiger partial charge in [0.1, 0.15) is 0 Å². The van der Waals surface area contributed by atoms with Gasteiger partial charge in [-0.25, -0.2) is 8.42 Å². The second-order valence-electron chi connectivity index (χ2n) is 7.31. The van der Waals surface area contributed by atoms with Gasteiger partial charge in [-0.1, -0.05) is 41.4 Å². The van der Waals surface area contributed by atoms with Gasteiger partial charge in [-0.15, -0.1) is 0 Å². The summed E-state index contributed by atoms with van der Waals surface area (Å²) in [4.78, 5) is 15.1. The number of benzene rings is 2. The highest BCUT2D eigenvalue weighted by Gasteiger charge is 2.32. The molecule has 0 saturated carbocycles. The normalized spacial score (nSPS) is 16.9. The average molecular weight is 440 g/mol. The van der Waals surface area contributed by atoms with Crippen molar-refractivity contribution >= 4 is 38.9 Å². The quantitative estimate of drug-likeness (QED) is 0.682. The molecule has 7 heteroatoms. The van der Waals surface area contributed by atoms with Crippen molar-refractivity contribution < 1.29 is 13.2 Å². The van der Waals surface area contributed by atoms with Crippen LogP contribution in [0.4, 0.5) is 0 Å². The first-order valence-electron chi connectivity index (χ1n) is 9.22. The fourth-order valence-corrected chi connectivity index (χ4v) is 5.52. The summed E-state index contributed by atoms with van der Waals surface area (Å²) >= 11 is 12.4. The van der Waals surface area contributed by atoms with Crippen LogP contribution in [0, 0.1) is 0 Å². The molecule has 0 fully saturated rings. The zero-order valence-corrected chi connectivity index (χ0v) is 18.4. The number of halogens is 2. The van der Waals surface area contributed by atoms with E-state index in [0.29, 0.717) is 33.5 Å². The van der Waals surface area contributed by atoms with Gasteiger partial charge in [0, 0.05) is 16.6 Å². The van der Waals surface area contributed by atoms with Gasteiger partial charge >= 0.3 is 0 Å². The minimum absolute atomic E-state index is 0.0785. The van der Waals surface area contributed by atoms with E-state index in [2.05, 4.69) is 0 Å². The van der Waals surface area contributed by atoms with E-state index < -0.39 is 15.1 Å². The molecule has 1 heterocycles. The van der Waals surface area contributed by atoms with Crippen molar-refractivity contribution in [3.63, 3.8) is 0 Å². The van der Waals surface area contributed by atoms with Crippen LogP contribution in [0.5, 0.6) is 0 Å². The van der Waals surface area contributed by atoms with Crippen LogP contribution in [0.3, 0.4) is 0 Å². The molecule has 2 aromatic rings. The number of sulfone groups is 1. The predicted octanol–water partition coefficient (Wildman–Crippen LogP) is 4.86. The Hall–Kier alpha value is -1.56. The smallest absolute Gasteiger partial charge is 0.227 e. The molecular weight excluding hydrogens is 417 g/mol. The number of hydrogen-bond donors (Lipinski definition) is 0. The molecule has 1 atom stereocenters. The molecular formula is C21H23Cl2NO3S. The summed E-state index contributed by atoms with van der Waals surface area (Å²) in [6.07, 6.45) is 0.617. The Morgan fingerprint density at radius 2 is 1.75 bits per heavy atom. The molecule has 0 unspecified atom stereocenters. The Kier molecular flexibility index (Phi) is 6.08. The van der Waals surface area contributed by atoms with Crippen molar-refractivity contribution in [1.29, 1.82) is 0 Å². The molecule has 150 valence electrons. The van der Waals surface area contributed by atoms with Gasteiger partial charge in [-0.3, -0.25) is 4.79 Å². The maximum Gasteiger partial charge on any atom is 0.227 e. The molecule has 0 aliphatic carbocycles. The number of carbonyl (C=O) groups is 1. The second-order valence-corrected chi connectivity index (χ2v) is 10.6. The summed E-state index contributed by atoms with van der Waals surface area (Å²) < 4.78 is 25.5. The summed E-state index contributed by atoms with van der Waals surface area (Å²) in [7, 11) is -3.38. The summed E-state index contributed by atoms with van der Waals surface area (Å²) in [6.45, 7) is 5.75. The van der Waals surface area contributed by atoms with Crippen molar-refractivity contribution in [2.75, 3.05) is 6.54 Å². The molecule has 1 amide bonds. The monoisotopic (exact) mass is 439 g/mol.